The number of rotatable bonds is 4. The molecule has 6 heteroatoms. The van der Waals surface area contributed by atoms with E-state index in [1.54, 1.807) is 18.3 Å². The number of aromatic nitrogens is 4. The first-order valence-corrected chi connectivity index (χ1v) is 8.40. The Balaban J connectivity index is 1.53. The fraction of sp³-hybridized carbons (Fsp3) is 0.263. The van der Waals surface area contributed by atoms with Gasteiger partial charge in [-0.1, -0.05) is 30.3 Å². The molecule has 0 radical (unpaired) electrons. The van der Waals surface area contributed by atoms with E-state index in [-0.39, 0.29) is 6.04 Å². The van der Waals surface area contributed by atoms with Crippen molar-refractivity contribution < 1.29 is 0 Å². The zero-order chi connectivity index (χ0) is 17.1. The van der Waals surface area contributed by atoms with Crippen molar-refractivity contribution in [1.29, 1.82) is 5.26 Å². The lowest BCUT2D eigenvalue weighted by Gasteiger charge is -2.26. The van der Waals surface area contributed by atoms with E-state index in [4.69, 9.17) is 0 Å². The summed E-state index contributed by atoms with van der Waals surface area (Å²) >= 11 is 0. The van der Waals surface area contributed by atoms with Crippen LogP contribution in [0.4, 0.5) is 5.82 Å². The normalized spacial score (nSPS) is 16.0. The Labute approximate surface area is 146 Å². The highest BCUT2D eigenvalue weighted by Crippen LogP contribution is 2.21. The van der Waals surface area contributed by atoms with Gasteiger partial charge in [-0.3, -0.25) is 0 Å². The van der Waals surface area contributed by atoms with Crippen LogP contribution in [0.2, 0.25) is 0 Å². The van der Waals surface area contributed by atoms with Crippen LogP contribution < -0.4 is 5.32 Å². The molecule has 2 aromatic heterocycles. The van der Waals surface area contributed by atoms with Crippen LogP contribution >= 0.6 is 0 Å². The van der Waals surface area contributed by atoms with Crippen LogP contribution in [0, 0.1) is 11.3 Å². The Morgan fingerprint density at radius 3 is 2.88 bits per heavy atom. The van der Waals surface area contributed by atoms with Gasteiger partial charge in [0.25, 0.3) is 0 Å². The molecule has 0 saturated heterocycles. The molecule has 25 heavy (non-hydrogen) atoms. The standard InChI is InChI=1S/C19H18N6/c20-12-15-7-4-10-21-19(15)22-16-8-9-17-23-24-18(25(17)13-16)11-14-5-2-1-3-6-14/h1-7,10,16H,8-9,11,13H2,(H,21,22). The van der Waals surface area contributed by atoms with Gasteiger partial charge in [0.1, 0.15) is 23.5 Å². The van der Waals surface area contributed by atoms with Gasteiger partial charge in [-0.05, 0) is 24.1 Å². The molecule has 0 amide bonds. The average molecular weight is 330 g/mol. The molecule has 6 nitrogen and oxygen atoms in total. The lowest BCUT2D eigenvalue weighted by molar-refractivity contribution is 0.466. The summed E-state index contributed by atoms with van der Waals surface area (Å²) in [4.78, 5) is 4.30. The van der Waals surface area contributed by atoms with Crippen molar-refractivity contribution >= 4 is 5.82 Å². The molecule has 0 fully saturated rings. The molecule has 3 aromatic rings. The van der Waals surface area contributed by atoms with E-state index in [1.807, 2.05) is 18.2 Å². The minimum Gasteiger partial charge on any atom is -0.364 e. The second-order valence-electron chi connectivity index (χ2n) is 6.20. The van der Waals surface area contributed by atoms with Gasteiger partial charge in [-0.25, -0.2) is 4.98 Å². The van der Waals surface area contributed by atoms with Crippen molar-refractivity contribution in [1.82, 2.24) is 19.7 Å². The number of benzene rings is 1. The second kappa shape index (κ2) is 6.73. The molecule has 1 aliphatic rings. The van der Waals surface area contributed by atoms with E-state index in [9.17, 15) is 5.26 Å². The smallest absolute Gasteiger partial charge is 0.144 e. The van der Waals surface area contributed by atoms with Crippen LogP contribution in [0.15, 0.2) is 48.7 Å². The van der Waals surface area contributed by atoms with Gasteiger partial charge in [-0.15, -0.1) is 10.2 Å². The molecule has 1 aromatic carbocycles. The maximum Gasteiger partial charge on any atom is 0.144 e. The minimum absolute atomic E-state index is 0.208. The summed E-state index contributed by atoms with van der Waals surface area (Å²) < 4.78 is 2.20. The number of nitriles is 1. The third-order valence-corrected chi connectivity index (χ3v) is 4.50. The summed E-state index contributed by atoms with van der Waals surface area (Å²) in [6.45, 7) is 0.784. The van der Waals surface area contributed by atoms with Crippen molar-refractivity contribution in [3.8, 4) is 6.07 Å². The average Bonchev–Trinajstić information content (AvgIpc) is 3.05. The number of nitrogens with one attached hydrogen (secondary N) is 1. The number of pyridine rings is 1. The fourth-order valence-electron chi connectivity index (χ4n) is 3.21. The van der Waals surface area contributed by atoms with Crippen LogP contribution in [-0.4, -0.2) is 25.8 Å². The molecule has 0 aliphatic carbocycles. The number of aryl methyl sites for hydroxylation is 1. The highest BCUT2D eigenvalue weighted by atomic mass is 15.3. The Morgan fingerprint density at radius 2 is 2.04 bits per heavy atom. The molecule has 0 spiro atoms. The monoisotopic (exact) mass is 330 g/mol. The number of nitrogens with zero attached hydrogens (tertiary/aromatic N) is 5. The molecular weight excluding hydrogens is 312 g/mol. The molecule has 1 atom stereocenters. The summed E-state index contributed by atoms with van der Waals surface area (Å²) in [6.07, 6.45) is 4.30. The van der Waals surface area contributed by atoms with Crippen molar-refractivity contribution in [3.05, 3.63) is 71.4 Å². The van der Waals surface area contributed by atoms with Crippen molar-refractivity contribution in [2.45, 2.75) is 31.8 Å². The predicted octanol–water partition coefficient (Wildman–Crippen LogP) is 2.56. The maximum absolute atomic E-state index is 9.23. The van der Waals surface area contributed by atoms with Gasteiger partial charge in [0.15, 0.2) is 0 Å². The SMILES string of the molecule is N#Cc1cccnc1NC1CCc2nnc(Cc3ccccc3)n2C1. The maximum atomic E-state index is 9.23. The Morgan fingerprint density at radius 1 is 1.16 bits per heavy atom. The van der Waals surface area contributed by atoms with Crippen LogP contribution in [0.3, 0.4) is 0 Å². The van der Waals surface area contributed by atoms with E-state index in [0.717, 1.165) is 37.5 Å². The number of fused-ring (bicyclic) bond motifs is 1. The van der Waals surface area contributed by atoms with E-state index in [1.165, 1.54) is 5.56 Å². The third-order valence-electron chi connectivity index (χ3n) is 4.50. The largest absolute Gasteiger partial charge is 0.364 e. The molecule has 1 N–H and O–H groups in total. The zero-order valence-corrected chi connectivity index (χ0v) is 13.8. The van der Waals surface area contributed by atoms with Crippen molar-refractivity contribution in [3.63, 3.8) is 0 Å². The van der Waals surface area contributed by atoms with Gasteiger partial charge >= 0.3 is 0 Å². The Hall–Kier alpha value is -3.20. The quantitative estimate of drug-likeness (QED) is 0.795. The first-order chi connectivity index (χ1) is 12.3. The summed E-state index contributed by atoms with van der Waals surface area (Å²) in [5.74, 6) is 2.66. The molecular formula is C19H18N6. The molecule has 3 heterocycles. The van der Waals surface area contributed by atoms with Crippen molar-refractivity contribution in [2.24, 2.45) is 0 Å². The van der Waals surface area contributed by atoms with Crippen LogP contribution in [-0.2, 0) is 19.4 Å². The topological polar surface area (TPSA) is 79.4 Å². The lowest BCUT2D eigenvalue weighted by Crippen LogP contribution is -2.32. The number of anilines is 1. The van der Waals surface area contributed by atoms with Gasteiger partial charge in [0, 0.05) is 31.6 Å². The molecule has 1 aliphatic heterocycles. The van der Waals surface area contributed by atoms with Gasteiger partial charge in [-0.2, -0.15) is 5.26 Å². The number of hydrogen-bond donors (Lipinski definition) is 1. The summed E-state index contributed by atoms with van der Waals surface area (Å²) in [5.41, 5.74) is 1.80. The van der Waals surface area contributed by atoms with Crippen LogP contribution in [0.1, 0.15) is 29.2 Å². The van der Waals surface area contributed by atoms with Gasteiger partial charge < -0.3 is 9.88 Å². The van der Waals surface area contributed by atoms with Crippen molar-refractivity contribution in [2.75, 3.05) is 5.32 Å². The zero-order valence-electron chi connectivity index (χ0n) is 13.8. The first-order valence-electron chi connectivity index (χ1n) is 8.40. The Bertz CT molecular complexity index is 909. The highest BCUT2D eigenvalue weighted by Gasteiger charge is 2.23. The highest BCUT2D eigenvalue weighted by molar-refractivity contribution is 5.51. The second-order valence-corrected chi connectivity index (χ2v) is 6.20. The summed E-state index contributed by atoms with van der Waals surface area (Å²) in [7, 11) is 0. The predicted molar refractivity (Wildman–Crippen MR) is 94.0 cm³/mol. The van der Waals surface area contributed by atoms with Gasteiger partial charge in [0.05, 0.1) is 5.56 Å². The van der Waals surface area contributed by atoms with E-state index in [0.29, 0.717) is 11.4 Å². The molecule has 0 saturated carbocycles. The fourth-order valence-corrected chi connectivity index (χ4v) is 3.21. The summed E-state index contributed by atoms with van der Waals surface area (Å²) in [5, 5.41) is 21.4. The van der Waals surface area contributed by atoms with E-state index < -0.39 is 0 Å². The molecule has 4 rings (SSSR count). The Kier molecular flexibility index (Phi) is 4.13. The van der Waals surface area contributed by atoms with E-state index in [2.05, 4.69) is 43.3 Å². The van der Waals surface area contributed by atoms with Crippen LogP contribution in [0.25, 0.3) is 0 Å². The molecule has 1 unspecified atom stereocenters. The summed E-state index contributed by atoms with van der Waals surface area (Å²) in [6, 6.07) is 16.3. The first kappa shape index (κ1) is 15.3. The van der Waals surface area contributed by atoms with Crippen LogP contribution in [0.5, 0.6) is 0 Å². The van der Waals surface area contributed by atoms with E-state index >= 15 is 0 Å². The molecule has 124 valence electrons. The third kappa shape index (κ3) is 3.22. The molecule has 0 bridgehead atoms. The lowest BCUT2D eigenvalue weighted by atomic mass is 10.1. The number of hydrogen-bond acceptors (Lipinski definition) is 5. The van der Waals surface area contributed by atoms with Gasteiger partial charge in [0.2, 0.25) is 0 Å². The minimum atomic E-state index is 0.208.